The molecule has 0 unspecified atom stereocenters. The van der Waals surface area contributed by atoms with Crippen LogP contribution < -0.4 is 14.9 Å². The number of piperidine rings is 1. The molecule has 2 aromatic carbocycles. The number of benzene rings is 2. The number of aryl methyl sites for hydroxylation is 1. The zero-order valence-electron chi connectivity index (χ0n) is 26.7. The Labute approximate surface area is 270 Å². The van der Waals surface area contributed by atoms with E-state index in [0.717, 1.165) is 89.3 Å². The number of sulfonamides is 1. The Balaban J connectivity index is 0.965. The number of hydrogen-bond donors (Lipinski definition) is 2. The molecule has 3 aromatic rings. The van der Waals surface area contributed by atoms with E-state index in [2.05, 4.69) is 54.9 Å². The SMILES string of the molecule is CCS(=O)(=O)NC1CCC(CNc2ccc(CN3CCC4(CC3)CN(c3ncnc5ccc(CC(F)(F)F)cc35)C4)cc2C)CC1. The zero-order valence-corrected chi connectivity index (χ0v) is 27.6. The van der Waals surface area contributed by atoms with Gasteiger partial charge in [-0.3, -0.25) is 4.90 Å². The fraction of sp³-hybridized carbons (Fsp3) is 0.588. The Morgan fingerprint density at radius 2 is 1.70 bits per heavy atom. The molecular weight excluding hydrogens is 613 g/mol. The largest absolute Gasteiger partial charge is 0.393 e. The number of likely N-dealkylation sites (tertiary alicyclic amines) is 1. The summed E-state index contributed by atoms with van der Waals surface area (Å²) in [7, 11) is -3.14. The Hall–Kier alpha value is -2.96. The fourth-order valence-electron chi connectivity index (χ4n) is 7.46. The predicted molar refractivity (Wildman–Crippen MR) is 176 cm³/mol. The molecule has 6 rings (SSSR count). The fourth-order valence-corrected chi connectivity index (χ4v) is 8.37. The average Bonchev–Trinajstić information content (AvgIpc) is 3.00. The number of aromatic nitrogens is 2. The molecule has 12 heteroatoms. The molecule has 8 nitrogen and oxygen atoms in total. The van der Waals surface area contributed by atoms with Crippen LogP contribution in [0.25, 0.3) is 10.9 Å². The number of fused-ring (bicyclic) bond motifs is 1. The van der Waals surface area contributed by atoms with E-state index in [9.17, 15) is 21.6 Å². The van der Waals surface area contributed by atoms with Gasteiger partial charge in [0.25, 0.3) is 0 Å². The molecule has 2 aliphatic heterocycles. The minimum atomic E-state index is -4.25. The van der Waals surface area contributed by atoms with Crippen molar-refractivity contribution in [3.05, 3.63) is 59.4 Å². The normalized spacial score (nSPS) is 22.2. The first kappa shape index (κ1) is 33.0. The number of rotatable bonds is 10. The number of alkyl halides is 3. The Morgan fingerprint density at radius 1 is 0.978 bits per heavy atom. The van der Waals surface area contributed by atoms with Crippen LogP contribution in [-0.4, -0.2) is 74.0 Å². The van der Waals surface area contributed by atoms with Crippen molar-refractivity contribution in [2.24, 2.45) is 11.3 Å². The Morgan fingerprint density at radius 3 is 2.37 bits per heavy atom. The Bertz CT molecular complexity index is 1630. The van der Waals surface area contributed by atoms with Crippen LogP contribution in [0.1, 0.15) is 62.1 Å². The summed E-state index contributed by atoms with van der Waals surface area (Å²) < 4.78 is 65.6. The van der Waals surface area contributed by atoms with E-state index in [1.54, 1.807) is 19.1 Å². The molecule has 0 atom stereocenters. The third kappa shape index (κ3) is 7.94. The van der Waals surface area contributed by atoms with E-state index in [1.165, 1.54) is 23.5 Å². The smallest absolute Gasteiger partial charge is 0.385 e. The molecule has 3 aliphatic rings. The third-order valence-electron chi connectivity index (χ3n) is 10.2. The van der Waals surface area contributed by atoms with Crippen molar-refractivity contribution in [1.29, 1.82) is 0 Å². The third-order valence-corrected chi connectivity index (χ3v) is 11.7. The highest BCUT2D eigenvalue weighted by atomic mass is 32.2. The average molecular weight is 659 g/mol. The van der Waals surface area contributed by atoms with E-state index < -0.39 is 22.6 Å². The summed E-state index contributed by atoms with van der Waals surface area (Å²) in [6.45, 7) is 9.41. The lowest BCUT2D eigenvalue weighted by Gasteiger charge is -2.54. The molecule has 0 bridgehead atoms. The highest BCUT2D eigenvalue weighted by molar-refractivity contribution is 7.89. The minimum Gasteiger partial charge on any atom is -0.385 e. The van der Waals surface area contributed by atoms with Gasteiger partial charge in [0.15, 0.2) is 0 Å². The van der Waals surface area contributed by atoms with Gasteiger partial charge >= 0.3 is 6.18 Å². The van der Waals surface area contributed by atoms with Crippen LogP contribution in [-0.2, 0) is 23.0 Å². The molecular formula is C34H45F3N6O2S. The van der Waals surface area contributed by atoms with E-state index in [4.69, 9.17) is 0 Å². The number of nitrogens with one attached hydrogen (secondary N) is 2. The topological polar surface area (TPSA) is 90.5 Å². The molecule has 0 radical (unpaired) electrons. The second kappa shape index (κ2) is 13.3. The summed E-state index contributed by atoms with van der Waals surface area (Å²) >= 11 is 0. The van der Waals surface area contributed by atoms with Crippen molar-refractivity contribution in [3.8, 4) is 0 Å². The van der Waals surface area contributed by atoms with Gasteiger partial charge in [-0.15, -0.1) is 0 Å². The number of anilines is 2. The number of halogens is 3. The van der Waals surface area contributed by atoms with Crippen LogP contribution in [0.4, 0.5) is 24.7 Å². The van der Waals surface area contributed by atoms with E-state index in [1.807, 2.05) is 0 Å². The van der Waals surface area contributed by atoms with Gasteiger partial charge < -0.3 is 10.2 Å². The summed E-state index contributed by atoms with van der Waals surface area (Å²) in [6, 6.07) is 11.5. The second-order valence-electron chi connectivity index (χ2n) is 13.7. The van der Waals surface area contributed by atoms with Gasteiger partial charge in [-0.25, -0.2) is 23.1 Å². The molecule has 0 amide bonds. The first-order valence-corrected chi connectivity index (χ1v) is 18.2. The molecule has 250 valence electrons. The van der Waals surface area contributed by atoms with Crippen molar-refractivity contribution in [2.75, 3.05) is 48.7 Å². The molecule has 46 heavy (non-hydrogen) atoms. The van der Waals surface area contributed by atoms with Crippen LogP contribution in [0, 0.1) is 18.3 Å². The maximum atomic E-state index is 13.0. The highest BCUT2D eigenvalue weighted by Gasteiger charge is 2.45. The zero-order chi connectivity index (χ0) is 32.5. The van der Waals surface area contributed by atoms with E-state index >= 15 is 0 Å². The van der Waals surface area contributed by atoms with Gasteiger partial charge in [-0.2, -0.15) is 13.2 Å². The predicted octanol–water partition coefficient (Wildman–Crippen LogP) is 6.06. The summed E-state index contributed by atoms with van der Waals surface area (Å²) in [4.78, 5) is 13.5. The maximum absolute atomic E-state index is 13.0. The van der Waals surface area contributed by atoms with Gasteiger partial charge in [-0.1, -0.05) is 18.2 Å². The molecule has 3 fully saturated rings. The van der Waals surface area contributed by atoms with Crippen LogP contribution in [0.5, 0.6) is 0 Å². The lowest BCUT2D eigenvalue weighted by atomic mass is 9.72. The van der Waals surface area contributed by atoms with Crippen LogP contribution in [0.15, 0.2) is 42.7 Å². The maximum Gasteiger partial charge on any atom is 0.393 e. The van der Waals surface area contributed by atoms with Crippen molar-refractivity contribution in [1.82, 2.24) is 19.6 Å². The lowest BCUT2D eigenvalue weighted by molar-refractivity contribution is -0.127. The number of nitrogens with zero attached hydrogens (tertiary/aromatic N) is 4. The molecule has 1 aromatic heterocycles. The summed E-state index contributed by atoms with van der Waals surface area (Å²) in [5.74, 6) is 1.41. The first-order chi connectivity index (χ1) is 21.9. The monoisotopic (exact) mass is 658 g/mol. The van der Waals surface area contributed by atoms with Gasteiger partial charge in [0.1, 0.15) is 12.1 Å². The quantitative estimate of drug-likeness (QED) is 0.274. The van der Waals surface area contributed by atoms with Crippen LogP contribution in [0.2, 0.25) is 0 Å². The first-order valence-electron chi connectivity index (χ1n) is 16.5. The summed E-state index contributed by atoms with van der Waals surface area (Å²) in [6.07, 6.45) is 2.31. The van der Waals surface area contributed by atoms with Crippen molar-refractivity contribution >= 4 is 32.4 Å². The molecule has 2 saturated heterocycles. The van der Waals surface area contributed by atoms with Crippen LogP contribution in [0.3, 0.4) is 0 Å². The van der Waals surface area contributed by atoms with Crippen molar-refractivity contribution < 1.29 is 21.6 Å². The second-order valence-corrected chi connectivity index (χ2v) is 15.8. The minimum absolute atomic E-state index is 0.0667. The lowest BCUT2D eigenvalue weighted by Crippen LogP contribution is -2.60. The molecule has 2 N–H and O–H groups in total. The molecule has 3 heterocycles. The van der Waals surface area contributed by atoms with Gasteiger partial charge in [0.2, 0.25) is 10.0 Å². The van der Waals surface area contributed by atoms with Crippen molar-refractivity contribution in [2.45, 2.75) is 77.6 Å². The molecule has 1 aliphatic carbocycles. The van der Waals surface area contributed by atoms with Gasteiger partial charge in [-0.05, 0) is 106 Å². The molecule has 1 saturated carbocycles. The van der Waals surface area contributed by atoms with Crippen molar-refractivity contribution in [3.63, 3.8) is 0 Å². The summed E-state index contributed by atoms with van der Waals surface area (Å²) in [5.41, 5.74) is 4.83. The van der Waals surface area contributed by atoms with Crippen LogP contribution >= 0.6 is 0 Å². The van der Waals surface area contributed by atoms with E-state index in [-0.39, 0.29) is 22.8 Å². The van der Waals surface area contributed by atoms with E-state index in [0.29, 0.717) is 16.8 Å². The Kier molecular flexibility index (Phi) is 9.51. The van der Waals surface area contributed by atoms with Gasteiger partial charge in [0.05, 0.1) is 17.7 Å². The highest BCUT2D eigenvalue weighted by Crippen LogP contribution is 2.44. The van der Waals surface area contributed by atoms with Gasteiger partial charge in [0, 0.05) is 48.7 Å². The summed E-state index contributed by atoms with van der Waals surface area (Å²) in [5, 5.41) is 4.33. The number of hydrogen-bond acceptors (Lipinski definition) is 7. The molecule has 1 spiro atoms. The standard InChI is InChI=1S/C34H45F3N6O2S/c1-3-46(44,45)41-28-8-4-25(5-9-28)19-38-30-10-7-27(16-24(30)2)20-42-14-12-33(13-15-42)21-43(22-33)32-29-17-26(18-34(35,36)37)6-11-31(29)39-23-40-32/h6-7,10-11,16-17,23,25,28,38,41H,3-5,8-9,12-15,18-22H2,1-2H3.